The highest BCUT2D eigenvalue weighted by Crippen LogP contribution is 2.33. The number of fused-ring (bicyclic) bond motifs is 3. The molecule has 1 aromatic carbocycles. The van der Waals surface area contributed by atoms with E-state index < -0.39 is 0 Å². The summed E-state index contributed by atoms with van der Waals surface area (Å²) >= 11 is 3.55. The second-order valence-electron chi connectivity index (χ2n) is 6.59. The minimum absolute atomic E-state index is 0.701. The van der Waals surface area contributed by atoms with Gasteiger partial charge in [-0.3, -0.25) is 0 Å². The smallest absolute Gasteiger partial charge is 0.156 e. The molecule has 114 valence electrons. The molecule has 5 heteroatoms. The number of nitrogens with one attached hydrogen (secondary N) is 1. The molecule has 0 unspecified atom stereocenters. The fraction of sp³-hybridized carbons (Fsp3) is 0.412. The van der Waals surface area contributed by atoms with Crippen LogP contribution >= 0.6 is 15.9 Å². The van der Waals surface area contributed by atoms with Crippen LogP contribution in [0, 0.1) is 11.8 Å². The molecule has 1 saturated heterocycles. The second-order valence-corrected chi connectivity index (χ2v) is 7.50. The van der Waals surface area contributed by atoms with Crippen LogP contribution in [0.1, 0.15) is 20.3 Å². The van der Waals surface area contributed by atoms with Gasteiger partial charge in [0, 0.05) is 28.5 Å². The molecule has 1 N–H and O–H groups in total. The Morgan fingerprint density at radius 2 is 1.95 bits per heavy atom. The minimum Gasteiger partial charge on any atom is -0.354 e. The molecule has 1 aliphatic rings. The zero-order chi connectivity index (χ0) is 15.3. The molecule has 0 saturated carbocycles. The topological polar surface area (TPSA) is 44.8 Å². The Morgan fingerprint density at radius 1 is 1.18 bits per heavy atom. The fourth-order valence-corrected chi connectivity index (χ4v) is 4.09. The predicted octanol–water partition coefficient (Wildman–Crippen LogP) is 4.36. The van der Waals surface area contributed by atoms with Crippen molar-refractivity contribution >= 4 is 43.7 Å². The molecular formula is C17H19BrN4. The van der Waals surface area contributed by atoms with Gasteiger partial charge in [-0.1, -0.05) is 29.8 Å². The number of piperidine rings is 1. The SMILES string of the molecule is C[C@@H]1C[C@H](C)CN(c2ncnc3c2[nH]c2ccc(Br)cc23)C1. The molecule has 3 heterocycles. The number of aromatic nitrogens is 3. The van der Waals surface area contributed by atoms with Crippen molar-refractivity contribution in [1.29, 1.82) is 0 Å². The second kappa shape index (κ2) is 5.23. The number of benzene rings is 1. The van der Waals surface area contributed by atoms with Crippen LogP contribution in [0.25, 0.3) is 21.9 Å². The van der Waals surface area contributed by atoms with Crippen molar-refractivity contribution in [3.8, 4) is 0 Å². The average molecular weight is 359 g/mol. The molecule has 0 spiro atoms. The summed E-state index contributed by atoms with van der Waals surface area (Å²) in [5.41, 5.74) is 3.17. The van der Waals surface area contributed by atoms with Gasteiger partial charge in [-0.2, -0.15) is 0 Å². The lowest BCUT2D eigenvalue weighted by Crippen LogP contribution is -2.39. The molecule has 1 aliphatic heterocycles. The predicted molar refractivity (Wildman–Crippen MR) is 94.3 cm³/mol. The first-order chi connectivity index (χ1) is 10.6. The van der Waals surface area contributed by atoms with E-state index in [1.165, 1.54) is 6.42 Å². The summed E-state index contributed by atoms with van der Waals surface area (Å²) in [6, 6.07) is 6.26. The van der Waals surface area contributed by atoms with Gasteiger partial charge in [-0.25, -0.2) is 9.97 Å². The van der Waals surface area contributed by atoms with Crippen molar-refractivity contribution in [3.63, 3.8) is 0 Å². The van der Waals surface area contributed by atoms with Crippen LogP contribution in [0.15, 0.2) is 29.0 Å². The van der Waals surface area contributed by atoms with E-state index in [0.29, 0.717) is 11.8 Å². The molecule has 4 nitrogen and oxygen atoms in total. The third-order valence-corrected chi connectivity index (χ3v) is 4.99. The lowest BCUT2D eigenvalue weighted by atomic mass is 9.92. The number of rotatable bonds is 1. The van der Waals surface area contributed by atoms with Crippen LogP contribution in [0.3, 0.4) is 0 Å². The number of anilines is 1. The summed E-state index contributed by atoms with van der Waals surface area (Å²) in [7, 11) is 0. The molecule has 1 fully saturated rings. The van der Waals surface area contributed by atoms with Gasteiger partial charge in [0.05, 0.1) is 0 Å². The molecule has 0 bridgehead atoms. The number of H-pyrrole nitrogens is 1. The van der Waals surface area contributed by atoms with Gasteiger partial charge in [-0.05, 0) is 36.5 Å². The Balaban J connectivity index is 1.89. The van der Waals surface area contributed by atoms with Crippen molar-refractivity contribution in [2.24, 2.45) is 11.8 Å². The Morgan fingerprint density at radius 3 is 2.73 bits per heavy atom. The average Bonchev–Trinajstić information content (AvgIpc) is 2.84. The van der Waals surface area contributed by atoms with E-state index in [4.69, 9.17) is 0 Å². The van der Waals surface area contributed by atoms with Crippen molar-refractivity contribution in [1.82, 2.24) is 15.0 Å². The van der Waals surface area contributed by atoms with Gasteiger partial charge >= 0.3 is 0 Å². The van der Waals surface area contributed by atoms with Gasteiger partial charge in [0.1, 0.15) is 17.4 Å². The van der Waals surface area contributed by atoms with E-state index >= 15 is 0 Å². The molecule has 4 rings (SSSR count). The Labute approximate surface area is 138 Å². The maximum Gasteiger partial charge on any atom is 0.156 e. The summed E-state index contributed by atoms with van der Waals surface area (Å²) in [4.78, 5) is 15.0. The molecular weight excluding hydrogens is 340 g/mol. The van der Waals surface area contributed by atoms with Crippen LogP contribution in [0.2, 0.25) is 0 Å². The first-order valence-electron chi connectivity index (χ1n) is 7.78. The molecule has 0 aliphatic carbocycles. The normalized spacial score (nSPS) is 22.6. The van der Waals surface area contributed by atoms with Crippen molar-refractivity contribution in [2.45, 2.75) is 20.3 Å². The number of aromatic amines is 1. The third-order valence-electron chi connectivity index (χ3n) is 4.49. The molecule has 22 heavy (non-hydrogen) atoms. The first-order valence-corrected chi connectivity index (χ1v) is 8.58. The highest BCUT2D eigenvalue weighted by atomic mass is 79.9. The Bertz CT molecular complexity index is 831. The maximum absolute atomic E-state index is 4.59. The van der Waals surface area contributed by atoms with Gasteiger partial charge in [0.15, 0.2) is 5.82 Å². The van der Waals surface area contributed by atoms with Crippen molar-refractivity contribution < 1.29 is 0 Å². The number of hydrogen-bond donors (Lipinski definition) is 1. The number of halogens is 1. The lowest BCUT2D eigenvalue weighted by molar-refractivity contribution is 0.356. The quantitative estimate of drug-likeness (QED) is 0.702. The highest BCUT2D eigenvalue weighted by Gasteiger charge is 2.25. The van der Waals surface area contributed by atoms with E-state index in [0.717, 1.165) is 45.3 Å². The van der Waals surface area contributed by atoms with Gasteiger partial charge < -0.3 is 9.88 Å². The Kier molecular flexibility index (Phi) is 3.33. The summed E-state index contributed by atoms with van der Waals surface area (Å²) in [5, 5.41) is 1.14. The maximum atomic E-state index is 4.59. The summed E-state index contributed by atoms with van der Waals surface area (Å²) < 4.78 is 1.07. The van der Waals surface area contributed by atoms with Crippen LogP contribution in [-0.2, 0) is 0 Å². The Hall–Kier alpha value is -1.62. The molecule has 0 radical (unpaired) electrons. The van der Waals surface area contributed by atoms with Crippen LogP contribution in [-0.4, -0.2) is 28.0 Å². The first kappa shape index (κ1) is 14.0. The van der Waals surface area contributed by atoms with E-state index in [1.807, 2.05) is 0 Å². The van der Waals surface area contributed by atoms with Crippen LogP contribution in [0.5, 0.6) is 0 Å². The number of nitrogens with zero attached hydrogens (tertiary/aromatic N) is 3. The van der Waals surface area contributed by atoms with E-state index in [9.17, 15) is 0 Å². The van der Waals surface area contributed by atoms with Gasteiger partial charge in [0.25, 0.3) is 0 Å². The van der Waals surface area contributed by atoms with Crippen molar-refractivity contribution in [3.05, 3.63) is 29.0 Å². The standard InChI is InChI=1S/C17H19BrN4/c1-10-5-11(2)8-22(7-10)17-16-15(19-9-20-17)13-6-12(18)3-4-14(13)21-16/h3-4,6,9-11,21H,5,7-8H2,1-2H3/t10-,11+. The molecule has 2 atom stereocenters. The summed E-state index contributed by atoms with van der Waals surface area (Å²) in [6.45, 7) is 6.78. The van der Waals surface area contributed by atoms with E-state index in [1.54, 1.807) is 6.33 Å². The third kappa shape index (κ3) is 2.28. The van der Waals surface area contributed by atoms with Gasteiger partial charge in [0.2, 0.25) is 0 Å². The molecule has 2 aromatic heterocycles. The molecule has 0 amide bonds. The lowest BCUT2D eigenvalue weighted by Gasteiger charge is -2.35. The molecule has 3 aromatic rings. The zero-order valence-corrected chi connectivity index (χ0v) is 14.4. The largest absolute Gasteiger partial charge is 0.354 e. The highest BCUT2D eigenvalue weighted by molar-refractivity contribution is 9.10. The summed E-state index contributed by atoms with van der Waals surface area (Å²) in [6.07, 6.45) is 2.99. The number of hydrogen-bond acceptors (Lipinski definition) is 3. The summed E-state index contributed by atoms with van der Waals surface area (Å²) in [5.74, 6) is 2.44. The zero-order valence-electron chi connectivity index (χ0n) is 12.8. The van der Waals surface area contributed by atoms with Crippen LogP contribution < -0.4 is 4.90 Å². The minimum atomic E-state index is 0.701. The fourth-order valence-electron chi connectivity index (χ4n) is 3.73. The van der Waals surface area contributed by atoms with E-state index in [2.05, 4.69) is 67.8 Å². The monoisotopic (exact) mass is 358 g/mol. The van der Waals surface area contributed by atoms with Gasteiger partial charge in [-0.15, -0.1) is 0 Å². The van der Waals surface area contributed by atoms with Crippen LogP contribution in [0.4, 0.5) is 5.82 Å². The van der Waals surface area contributed by atoms with Crippen molar-refractivity contribution in [2.75, 3.05) is 18.0 Å². The van der Waals surface area contributed by atoms with E-state index in [-0.39, 0.29) is 0 Å².